The van der Waals surface area contributed by atoms with Crippen LogP contribution in [-0.4, -0.2) is 37.2 Å². The molecule has 0 aliphatic carbocycles. The normalized spacial score (nSPS) is 10.9. The number of thiocarbonyl (C=S) groups is 1. The predicted octanol–water partition coefficient (Wildman–Crippen LogP) is 3.27. The Morgan fingerprint density at radius 1 is 1.38 bits per heavy atom. The van der Waals surface area contributed by atoms with Crippen LogP contribution in [0.15, 0.2) is 35.7 Å². The Bertz CT molecular complexity index is 662. The van der Waals surface area contributed by atoms with Gasteiger partial charge in [-0.25, -0.2) is 4.39 Å². The van der Waals surface area contributed by atoms with Crippen molar-refractivity contribution in [1.82, 2.24) is 4.90 Å². The van der Waals surface area contributed by atoms with E-state index in [0.29, 0.717) is 10.8 Å². The fourth-order valence-corrected chi connectivity index (χ4v) is 3.42. The van der Waals surface area contributed by atoms with Crippen LogP contribution in [0.5, 0.6) is 0 Å². The third-order valence-corrected chi connectivity index (χ3v) is 5.00. The first-order valence-corrected chi connectivity index (χ1v) is 9.44. The van der Waals surface area contributed by atoms with Crippen molar-refractivity contribution < 1.29 is 9.29 Å². The van der Waals surface area contributed by atoms with E-state index in [0.717, 1.165) is 26.1 Å². The summed E-state index contributed by atoms with van der Waals surface area (Å²) >= 11 is 13.1. The minimum Gasteiger partial charge on any atom is -0.344 e. The minimum absolute atomic E-state index is 0.0869. The van der Waals surface area contributed by atoms with Crippen molar-refractivity contribution in [2.75, 3.05) is 32.5 Å². The van der Waals surface area contributed by atoms with Crippen molar-refractivity contribution in [2.45, 2.75) is 13.0 Å². The van der Waals surface area contributed by atoms with Crippen LogP contribution < -0.4 is 10.2 Å². The molecule has 24 heavy (non-hydrogen) atoms. The van der Waals surface area contributed by atoms with E-state index in [1.165, 1.54) is 15.8 Å². The summed E-state index contributed by atoms with van der Waals surface area (Å²) in [5.41, 5.74) is 0.695. The van der Waals surface area contributed by atoms with Crippen LogP contribution in [0.4, 0.5) is 10.1 Å². The molecule has 0 aliphatic heterocycles. The summed E-state index contributed by atoms with van der Waals surface area (Å²) in [6.07, 6.45) is 1.04. The highest BCUT2D eigenvalue weighted by molar-refractivity contribution is 7.80. The maximum Gasteiger partial charge on any atom is 0.173 e. The molecule has 0 amide bonds. The van der Waals surface area contributed by atoms with Gasteiger partial charge in [0.05, 0.1) is 32.2 Å². The van der Waals surface area contributed by atoms with Crippen molar-refractivity contribution in [3.8, 4) is 0 Å². The summed E-state index contributed by atoms with van der Waals surface area (Å²) in [6, 6.07) is 8.67. The molecule has 0 aliphatic rings. The number of quaternary nitrogens is 1. The Morgan fingerprint density at radius 2 is 2.17 bits per heavy atom. The predicted molar refractivity (Wildman–Crippen MR) is 105 cm³/mol. The van der Waals surface area contributed by atoms with Crippen LogP contribution in [0.2, 0.25) is 5.02 Å². The Morgan fingerprint density at radius 3 is 2.79 bits per heavy atom. The number of thiophene rings is 1. The van der Waals surface area contributed by atoms with Gasteiger partial charge in [0, 0.05) is 23.5 Å². The zero-order valence-corrected chi connectivity index (χ0v) is 16.2. The molecule has 1 aromatic carbocycles. The Labute approximate surface area is 157 Å². The van der Waals surface area contributed by atoms with E-state index in [1.54, 1.807) is 23.5 Å². The summed E-state index contributed by atoms with van der Waals surface area (Å²) in [5.74, 6) is -0.433. The molecule has 130 valence electrons. The fraction of sp³-hybridized carbons (Fsp3) is 0.353. The Hall–Kier alpha value is -1.21. The van der Waals surface area contributed by atoms with Crippen LogP contribution in [0.25, 0.3) is 0 Å². The molecule has 3 nitrogen and oxygen atoms in total. The molecule has 1 heterocycles. The van der Waals surface area contributed by atoms with Gasteiger partial charge in [-0.3, -0.25) is 0 Å². The van der Waals surface area contributed by atoms with Crippen LogP contribution >= 0.6 is 35.2 Å². The largest absolute Gasteiger partial charge is 0.344 e. The summed E-state index contributed by atoms with van der Waals surface area (Å²) in [4.78, 5) is 4.81. The lowest BCUT2D eigenvalue weighted by Gasteiger charge is -2.25. The lowest BCUT2D eigenvalue weighted by atomic mass is 10.3. The van der Waals surface area contributed by atoms with Crippen molar-refractivity contribution in [3.63, 3.8) is 0 Å². The van der Waals surface area contributed by atoms with Crippen molar-refractivity contribution in [3.05, 3.63) is 51.4 Å². The molecular weight excluding hydrogens is 365 g/mol. The minimum atomic E-state index is -0.433. The summed E-state index contributed by atoms with van der Waals surface area (Å²) in [5, 5.41) is 5.94. The van der Waals surface area contributed by atoms with Crippen molar-refractivity contribution >= 4 is 46.0 Å². The van der Waals surface area contributed by atoms with Gasteiger partial charge in [-0.1, -0.05) is 17.7 Å². The lowest BCUT2D eigenvalue weighted by molar-refractivity contribution is -0.858. The van der Waals surface area contributed by atoms with E-state index in [2.05, 4.69) is 35.8 Å². The molecule has 2 aromatic rings. The van der Waals surface area contributed by atoms with Crippen LogP contribution in [0.1, 0.15) is 11.3 Å². The fourth-order valence-electron chi connectivity index (χ4n) is 2.24. The molecular formula is C17H22ClFN3S2+. The second-order valence-electron chi connectivity index (χ2n) is 5.87. The Kier molecular flexibility index (Phi) is 7.42. The number of hydrogen-bond acceptors (Lipinski definition) is 2. The average Bonchev–Trinajstić information content (AvgIpc) is 3.02. The summed E-state index contributed by atoms with van der Waals surface area (Å²) < 4.78 is 13.3. The quantitative estimate of drug-likeness (QED) is 0.712. The molecule has 0 fully saturated rings. The third-order valence-electron chi connectivity index (χ3n) is 3.49. The number of rotatable bonds is 7. The maximum atomic E-state index is 13.3. The number of hydrogen-bond donors (Lipinski definition) is 2. The van der Waals surface area contributed by atoms with Crippen LogP contribution in [-0.2, 0) is 6.54 Å². The highest BCUT2D eigenvalue weighted by Gasteiger charge is 2.13. The zero-order chi connectivity index (χ0) is 17.5. The van der Waals surface area contributed by atoms with Crippen LogP contribution in [0, 0.1) is 5.82 Å². The molecule has 1 aromatic heterocycles. The van der Waals surface area contributed by atoms with Crippen molar-refractivity contribution in [2.24, 2.45) is 0 Å². The average molecular weight is 387 g/mol. The smallest absolute Gasteiger partial charge is 0.173 e. The van der Waals surface area contributed by atoms with E-state index < -0.39 is 5.82 Å². The first-order valence-electron chi connectivity index (χ1n) is 7.78. The van der Waals surface area contributed by atoms with E-state index in [4.69, 9.17) is 23.8 Å². The van der Waals surface area contributed by atoms with E-state index in [9.17, 15) is 4.39 Å². The van der Waals surface area contributed by atoms with Gasteiger partial charge in [-0.2, -0.15) is 0 Å². The summed E-state index contributed by atoms with van der Waals surface area (Å²) in [6.45, 7) is 2.71. The molecule has 0 saturated heterocycles. The molecule has 0 radical (unpaired) electrons. The van der Waals surface area contributed by atoms with Gasteiger partial charge in [0.15, 0.2) is 5.11 Å². The van der Waals surface area contributed by atoms with E-state index >= 15 is 0 Å². The number of halogens is 2. The number of benzene rings is 1. The third kappa shape index (κ3) is 6.02. The molecule has 0 atom stereocenters. The maximum absolute atomic E-state index is 13.3. The number of anilines is 1. The number of nitrogens with zero attached hydrogens (tertiary/aromatic N) is 1. The first kappa shape index (κ1) is 19.1. The molecule has 2 rings (SSSR count). The second-order valence-corrected chi connectivity index (χ2v) is 7.70. The molecule has 0 saturated carbocycles. The molecule has 0 bridgehead atoms. The zero-order valence-electron chi connectivity index (χ0n) is 13.8. The topological polar surface area (TPSA) is 19.7 Å². The van der Waals surface area contributed by atoms with Gasteiger partial charge in [-0.05, 0) is 41.9 Å². The molecule has 7 heteroatoms. The molecule has 0 spiro atoms. The highest BCUT2D eigenvalue weighted by atomic mass is 35.5. The van der Waals surface area contributed by atoms with Gasteiger partial charge in [-0.15, -0.1) is 11.3 Å². The van der Waals surface area contributed by atoms with E-state index in [-0.39, 0.29) is 5.02 Å². The van der Waals surface area contributed by atoms with Crippen molar-refractivity contribution in [1.29, 1.82) is 0 Å². The summed E-state index contributed by atoms with van der Waals surface area (Å²) in [7, 11) is 4.28. The number of nitrogens with one attached hydrogen (secondary N) is 2. The van der Waals surface area contributed by atoms with E-state index in [1.807, 2.05) is 6.07 Å². The van der Waals surface area contributed by atoms with Gasteiger partial charge < -0.3 is 15.1 Å². The molecule has 2 N–H and O–H groups in total. The van der Waals surface area contributed by atoms with Crippen LogP contribution in [0.3, 0.4) is 0 Å². The van der Waals surface area contributed by atoms with Gasteiger partial charge >= 0.3 is 0 Å². The Balaban J connectivity index is 2.03. The first-order chi connectivity index (χ1) is 11.5. The van der Waals surface area contributed by atoms with Gasteiger partial charge in [0.2, 0.25) is 0 Å². The SMILES string of the molecule is C[NH+](C)CCCN(Cc1cccs1)C(=S)Nc1ccc(F)c(Cl)c1. The lowest BCUT2D eigenvalue weighted by Crippen LogP contribution is -3.05. The highest BCUT2D eigenvalue weighted by Crippen LogP contribution is 2.20. The standard InChI is InChI=1S/C17H21ClFN3S2/c1-21(2)8-4-9-22(12-14-5-3-10-24-14)17(23)20-13-6-7-16(19)15(18)11-13/h3,5-7,10-11H,4,8-9,12H2,1-2H3,(H,20,23)/p+1. The van der Waals surface area contributed by atoms with Gasteiger partial charge in [0.25, 0.3) is 0 Å². The van der Waals surface area contributed by atoms with Gasteiger partial charge in [0.1, 0.15) is 5.82 Å². The molecule has 0 unspecified atom stereocenters. The second kappa shape index (κ2) is 9.32. The monoisotopic (exact) mass is 386 g/mol.